The number of nitrogen functional groups attached to an aromatic ring is 1. The summed E-state index contributed by atoms with van der Waals surface area (Å²) in [6.45, 7) is 3.50. The van der Waals surface area contributed by atoms with Crippen LogP contribution in [0.2, 0.25) is 0 Å². The lowest BCUT2D eigenvalue weighted by atomic mass is 10.2. The van der Waals surface area contributed by atoms with E-state index in [1.165, 1.54) is 6.07 Å². The molecule has 0 bridgehead atoms. The number of hydrogen-bond donors (Lipinski definition) is 1. The van der Waals surface area contributed by atoms with Gasteiger partial charge in [0.15, 0.2) is 0 Å². The molecule has 1 aromatic carbocycles. The van der Waals surface area contributed by atoms with Gasteiger partial charge in [0, 0.05) is 12.0 Å². The van der Waals surface area contributed by atoms with E-state index in [1.54, 1.807) is 26.0 Å². The fraction of sp³-hybridized carbons (Fsp3) is 0.333. The van der Waals surface area contributed by atoms with E-state index in [2.05, 4.69) is 9.97 Å². The van der Waals surface area contributed by atoms with Gasteiger partial charge in [-0.1, -0.05) is 6.07 Å². The molecule has 104 valence electrons. The van der Waals surface area contributed by atoms with Gasteiger partial charge in [-0.05, 0) is 38.3 Å². The number of anilines is 1. The lowest BCUT2D eigenvalue weighted by Gasteiger charge is -2.11. The van der Waals surface area contributed by atoms with Crippen LogP contribution in [0.25, 0.3) is 0 Å². The quantitative estimate of drug-likeness (QED) is 0.930. The summed E-state index contributed by atoms with van der Waals surface area (Å²) in [5.74, 6) is 2.04. The van der Waals surface area contributed by atoms with Crippen molar-refractivity contribution in [2.45, 2.75) is 32.6 Å². The number of nitrogens with two attached hydrogens (primary N) is 1. The van der Waals surface area contributed by atoms with Crippen molar-refractivity contribution in [2.24, 2.45) is 0 Å². The van der Waals surface area contributed by atoms with Crippen molar-refractivity contribution in [3.63, 3.8) is 0 Å². The summed E-state index contributed by atoms with van der Waals surface area (Å²) in [6.07, 6.45) is 2.17. The Morgan fingerprint density at radius 3 is 2.65 bits per heavy atom. The van der Waals surface area contributed by atoms with E-state index in [-0.39, 0.29) is 5.82 Å². The van der Waals surface area contributed by atoms with E-state index in [9.17, 15) is 4.39 Å². The first kappa shape index (κ1) is 12.8. The van der Waals surface area contributed by atoms with Gasteiger partial charge in [-0.3, -0.25) is 0 Å². The fourth-order valence-electron chi connectivity index (χ4n) is 1.90. The van der Waals surface area contributed by atoms with Crippen molar-refractivity contribution in [2.75, 3.05) is 5.73 Å². The Hall–Kier alpha value is -2.17. The van der Waals surface area contributed by atoms with Crippen LogP contribution in [-0.2, 0) is 0 Å². The Labute approximate surface area is 116 Å². The maximum Gasteiger partial charge on any atom is 0.227 e. The molecule has 1 saturated carbocycles. The first-order valence-corrected chi connectivity index (χ1v) is 6.62. The Kier molecular flexibility index (Phi) is 3.04. The second-order valence-electron chi connectivity index (χ2n) is 5.18. The molecular formula is C15H16FN3O. The van der Waals surface area contributed by atoms with Crippen molar-refractivity contribution in [1.82, 2.24) is 9.97 Å². The number of benzene rings is 1. The smallest absolute Gasteiger partial charge is 0.227 e. The van der Waals surface area contributed by atoms with Crippen LogP contribution in [0.15, 0.2) is 18.2 Å². The molecular weight excluding hydrogens is 257 g/mol. The lowest BCUT2D eigenvalue weighted by molar-refractivity contribution is 0.450. The number of nitrogens with zero attached hydrogens (tertiary/aromatic N) is 2. The summed E-state index contributed by atoms with van der Waals surface area (Å²) in [5.41, 5.74) is 7.14. The van der Waals surface area contributed by atoms with Crippen LogP contribution in [0.3, 0.4) is 0 Å². The van der Waals surface area contributed by atoms with Crippen LogP contribution >= 0.6 is 0 Å². The first-order chi connectivity index (χ1) is 9.54. The molecule has 0 aliphatic heterocycles. The number of halogens is 1. The van der Waals surface area contributed by atoms with Crippen LogP contribution in [0.4, 0.5) is 10.2 Å². The van der Waals surface area contributed by atoms with Crippen molar-refractivity contribution in [3.05, 3.63) is 41.0 Å². The molecule has 1 aliphatic rings. The second kappa shape index (κ2) is 4.74. The highest BCUT2D eigenvalue weighted by atomic mass is 19.1. The van der Waals surface area contributed by atoms with Crippen LogP contribution in [0.5, 0.6) is 11.6 Å². The maximum absolute atomic E-state index is 13.5. The standard InChI is InChI=1S/C15H16FN3O/c1-8-3-6-11(7-12(8)16)20-15-9(2)13(17)18-14(19-15)10-4-5-10/h3,6-7,10H,4-5H2,1-2H3,(H2,17,18,19). The summed E-state index contributed by atoms with van der Waals surface area (Å²) in [5, 5.41) is 0. The average molecular weight is 273 g/mol. The molecule has 0 spiro atoms. The minimum Gasteiger partial charge on any atom is -0.438 e. The number of aromatic nitrogens is 2. The zero-order valence-corrected chi connectivity index (χ0v) is 11.5. The van der Waals surface area contributed by atoms with Gasteiger partial charge in [-0.25, -0.2) is 9.37 Å². The Morgan fingerprint density at radius 2 is 2.00 bits per heavy atom. The highest BCUT2D eigenvalue weighted by Gasteiger charge is 2.28. The van der Waals surface area contributed by atoms with Crippen molar-refractivity contribution >= 4 is 5.82 Å². The zero-order chi connectivity index (χ0) is 14.3. The first-order valence-electron chi connectivity index (χ1n) is 6.62. The molecule has 20 heavy (non-hydrogen) atoms. The number of hydrogen-bond acceptors (Lipinski definition) is 4. The van der Waals surface area contributed by atoms with Gasteiger partial charge in [0.1, 0.15) is 23.2 Å². The molecule has 1 aromatic heterocycles. The van der Waals surface area contributed by atoms with Gasteiger partial charge < -0.3 is 10.5 Å². The molecule has 2 N–H and O–H groups in total. The lowest BCUT2D eigenvalue weighted by Crippen LogP contribution is -2.04. The normalized spacial score (nSPS) is 14.3. The van der Waals surface area contributed by atoms with Gasteiger partial charge in [0.25, 0.3) is 0 Å². The van der Waals surface area contributed by atoms with Crippen molar-refractivity contribution in [1.29, 1.82) is 0 Å². The topological polar surface area (TPSA) is 61.0 Å². The maximum atomic E-state index is 13.5. The summed E-state index contributed by atoms with van der Waals surface area (Å²) < 4.78 is 19.2. The second-order valence-corrected chi connectivity index (χ2v) is 5.18. The Balaban J connectivity index is 1.94. The van der Waals surface area contributed by atoms with Gasteiger partial charge in [-0.2, -0.15) is 4.98 Å². The summed E-state index contributed by atoms with van der Waals surface area (Å²) in [4.78, 5) is 8.69. The molecule has 1 aliphatic carbocycles. The average Bonchev–Trinajstić information content (AvgIpc) is 3.23. The zero-order valence-electron chi connectivity index (χ0n) is 11.5. The Morgan fingerprint density at radius 1 is 1.25 bits per heavy atom. The van der Waals surface area contributed by atoms with Gasteiger partial charge in [0.05, 0.1) is 5.56 Å². The van der Waals surface area contributed by atoms with Crippen molar-refractivity contribution < 1.29 is 9.13 Å². The highest BCUT2D eigenvalue weighted by molar-refractivity contribution is 5.46. The van der Waals surface area contributed by atoms with Gasteiger partial charge in [-0.15, -0.1) is 0 Å². The molecule has 1 fully saturated rings. The summed E-state index contributed by atoms with van der Waals surface area (Å²) >= 11 is 0. The van der Waals surface area contributed by atoms with Crippen LogP contribution in [0, 0.1) is 19.7 Å². The van der Waals surface area contributed by atoms with Gasteiger partial charge >= 0.3 is 0 Å². The molecule has 0 atom stereocenters. The molecule has 0 unspecified atom stereocenters. The predicted molar refractivity (Wildman–Crippen MR) is 74.4 cm³/mol. The molecule has 0 amide bonds. The molecule has 3 rings (SSSR count). The fourth-order valence-corrected chi connectivity index (χ4v) is 1.90. The molecule has 2 aromatic rings. The third kappa shape index (κ3) is 2.43. The van der Waals surface area contributed by atoms with E-state index < -0.39 is 0 Å². The predicted octanol–water partition coefficient (Wildman–Crippen LogP) is 3.48. The van der Waals surface area contributed by atoms with Crippen LogP contribution < -0.4 is 10.5 Å². The van der Waals surface area contributed by atoms with E-state index in [1.807, 2.05) is 0 Å². The monoisotopic (exact) mass is 273 g/mol. The summed E-state index contributed by atoms with van der Waals surface area (Å²) in [7, 11) is 0. The van der Waals surface area contributed by atoms with E-state index in [0.717, 1.165) is 18.7 Å². The third-order valence-corrected chi connectivity index (χ3v) is 3.46. The number of rotatable bonds is 3. The number of aryl methyl sites for hydroxylation is 1. The molecule has 5 heteroatoms. The Bertz CT molecular complexity index is 668. The molecule has 1 heterocycles. The third-order valence-electron chi connectivity index (χ3n) is 3.46. The molecule has 0 radical (unpaired) electrons. The van der Waals surface area contributed by atoms with Crippen molar-refractivity contribution in [3.8, 4) is 11.6 Å². The molecule has 4 nitrogen and oxygen atoms in total. The van der Waals surface area contributed by atoms with Gasteiger partial charge in [0.2, 0.25) is 5.88 Å². The number of ether oxygens (including phenoxy) is 1. The minimum atomic E-state index is -0.301. The SMILES string of the molecule is Cc1ccc(Oc2nc(C3CC3)nc(N)c2C)cc1F. The van der Waals surface area contributed by atoms with Crippen LogP contribution in [-0.4, -0.2) is 9.97 Å². The van der Waals surface area contributed by atoms with E-state index in [4.69, 9.17) is 10.5 Å². The minimum absolute atomic E-state index is 0.301. The molecule has 0 saturated heterocycles. The summed E-state index contributed by atoms with van der Waals surface area (Å²) in [6, 6.07) is 4.74. The van der Waals surface area contributed by atoms with E-state index in [0.29, 0.717) is 34.5 Å². The largest absolute Gasteiger partial charge is 0.438 e. The highest BCUT2D eigenvalue weighted by Crippen LogP contribution is 2.40. The van der Waals surface area contributed by atoms with Crippen LogP contribution in [0.1, 0.15) is 35.7 Å². The van der Waals surface area contributed by atoms with E-state index >= 15 is 0 Å².